The van der Waals surface area contributed by atoms with Crippen molar-refractivity contribution in [3.8, 4) is 0 Å². The van der Waals surface area contributed by atoms with Gasteiger partial charge in [-0.1, -0.05) is 23.7 Å². The molecule has 4 nitrogen and oxygen atoms in total. The van der Waals surface area contributed by atoms with E-state index in [1.54, 1.807) is 24.3 Å². The van der Waals surface area contributed by atoms with Crippen molar-refractivity contribution < 1.29 is 9.59 Å². The van der Waals surface area contributed by atoms with Crippen LogP contribution in [0, 0.1) is 0 Å². The Balaban J connectivity index is 1.61. The molecule has 0 N–H and O–H groups in total. The van der Waals surface area contributed by atoms with Gasteiger partial charge < -0.3 is 4.90 Å². The van der Waals surface area contributed by atoms with Gasteiger partial charge in [-0.2, -0.15) is 0 Å². The first kappa shape index (κ1) is 13.6. The van der Waals surface area contributed by atoms with Crippen molar-refractivity contribution in [2.45, 2.75) is 18.9 Å². The molecule has 2 aliphatic heterocycles. The fourth-order valence-corrected chi connectivity index (χ4v) is 3.22. The summed E-state index contributed by atoms with van der Waals surface area (Å²) in [7, 11) is 0. The molecule has 0 radical (unpaired) electrons. The van der Waals surface area contributed by atoms with Gasteiger partial charge >= 0.3 is 0 Å². The Kier molecular flexibility index (Phi) is 3.76. The van der Waals surface area contributed by atoms with Crippen molar-refractivity contribution in [3.63, 3.8) is 0 Å². The minimum atomic E-state index is 0.0882. The lowest BCUT2D eigenvalue weighted by molar-refractivity contribution is -0.130. The van der Waals surface area contributed by atoms with E-state index in [0.717, 1.165) is 26.1 Å². The maximum Gasteiger partial charge on any atom is 0.222 e. The number of carbonyl (C=O) groups excluding carboxylic acids is 2. The van der Waals surface area contributed by atoms with Gasteiger partial charge in [-0.15, -0.1) is 0 Å². The van der Waals surface area contributed by atoms with Crippen LogP contribution in [-0.4, -0.2) is 53.7 Å². The number of fused-ring (bicyclic) bond motifs is 1. The maximum absolute atomic E-state index is 12.2. The molecule has 5 heteroatoms. The Morgan fingerprint density at radius 1 is 1.35 bits per heavy atom. The third kappa shape index (κ3) is 2.72. The third-order valence-corrected chi connectivity index (χ3v) is 4.33. The van der Waals surface area contributed by atoms with Gasteiger partial charge in [0, 0.05) is 42.7 Å². The molecule has 1 aromatic rings. The summed E-state index contributed by atoms with van der Waals surface area (Å²) in [5, 5.41) is 0.585. The molecule has 1 atom stereocenters. The average molecular weight is 293 g/mol. The zero-order valence-electron chi connectivity index (χ0n) is 11.2. The highest BCUT2D eigenvalue weighted by atomic mass is 35.5. The molecule has 20 heavy (non-hydrogen) atoms. The molecule has 3 rings (SSSR count). The highest BCUT2D eigenvalue weighted by molar-refractivity contribution is 6.31. The molecule has 1 aromatic carbocycles. The second-order valence-corrected chi connectivity index (χ2v) is 5.88. The van der Waals surface area contributed by atoms with E-state index in [0.29, 0.717) is 29.6 Å². The SMILES string of the molecule is O=C(CN1CCN2C(=O)CCC2C1)c1cccc(Cl)c1. The summed E-state index contributed by atoms with van der Waals surface area (Å²) in [4.78, 5) is 28.0. The first-order valence-corrected chi connectivity index (χ1v) is 7.32. The molecule has 2 heterocycles. The summed E-state index contributed by atoms with van der Waals surface area (Å²) < 4.78 is 0. The number of halogens is 1. The number of carbonyl (C=O) groups is 2. The Morgan fingerprint density at radius 2 is 2.20 bits per heavy atom. The fourth-order valence-electron chi connectivity index (χ4n) is 3.03. The Hall–Kier alpha value is -1.39. The monoisotopic (exact) mass is 292 g/mol. The summed E-state index contributed by atoms with van der Waals surface area (Å²) in [5.41, 5.74) is 0.655. The van der Waals surface area contributed by atoms with Gasteiger partial charge in [0.05, 0.1) is 6.54 Å². The summed E-state index contributed by atoms with van der Waals surface area (Å²) in [6, 6.07) is 7.36. The molecule has 0 saturated carbocycles. The molecule has 1 amide bonds. The molecule has 2 fully saturated rings. The number of Topliss-reactive ketones (excluding diaryl/α,β-unsaturated/α-hetero) is 1. The van der Waals surface area contributed by atoms with Gasteiger partial charge in [-0.05, 0) is 18.6 Å². The molecule has 0 spiro atoms. The number of benzene rings is 1. The highest BCUT2D eigenvalue weighted by Gasteiger charge is 2.35. The molecule has 0 bridgehead atoms. The van der Waals surface area contributed by atoms with Crippen LogP contribution in [-0.2, 0) is 4.79 Å². The van der Waals surface area contributed by atoms with Gasteiger partial charge in [0.25, 0.3) is 0 Å². The molecule has 2 aliphatic rings. The van der Waals surface area contributed by atoms with E-state index >= 15 is 0 Å². The molecular weight excluding hydrogens is 276 g/mol. The molecule has 0 aliphatic carbocycles. The van der Waals surface area contributed by atoms with Crippen molar-refractivity contribution in [3.05, 3.63) is 34.9 Å². The number of nitrogens with zero attached hydrogens (tertiary/aromatic N) is 2. The topological polar surface area (TPSA) is 40.6 Å². The van der Waals surface area contributed by atoms with Gasteiger partial charge in [0.15, 0.2) is 5.78 Å². The Labute approximate surface area is 123 Å². The molecule has 1 unspecified atom stereocenters. The second-order valence-electron chi connectivity index (χ2n) is 5.45. The van der Waals surface area contributed by atoms with Crippen molar-refractivity contribution in [1.29, 1.82) is 0 Å². The van der Waals surface area contributed by atoms with Gasteiger partial charge in [0.2, 0.25) is 5.91 Å². The number of hydrogen-bond acceptors (Lipinski definition) is 3. The largest absolute Gasteiger partial charge is 0.337 e. The Morgan fingerprint density at radius 3 is 3.00 bits per heavy atom. The quantitative estimate of drug-likeness (QED) is 0.798. The third-order valence-electron chi connectivity index (χ3n) is 4.09. The van der Waals surface area contributed by atoms with Crippen LogP contribution in [0.1, 0.15) is 23.2 Å². The van der Waals surface area contributed by atoms with E-state index < -0.39 is 0 Å². The van der Waals surface area contributed by atoms with Crippen LogP contribution in [0.25, 0.3) is 0 Å². The zero-order chi connectivity index (χ0) is 14.1. The van der Waals surface area contributed by atoms with Gasteiger partial charge in [-0.25, -0.2) is 0 Å². The van der Waals surface area contributed by atoms with Gasteiger partial charge in [-0.3, -0.25) is 14.5 Å². The average Bonchev–Trinajstić information content (AvgIpc) is 2.80. The summed E-state index contributed by atoms with van der Waals surface area (Å²) in [6.45, 7) is 2.72. The smallest absolute Gasteiger partial charge is 0.222 e. The van der Waals surface area contributed by atoms with Crippen LogP contribution in [0.4, 0.5) is 0 Å². The van der Waals surface area contributed by atoms with E-state index in [1.807, 2.05) is 4.90 Å². The summed E-state index contributed by atoms with van der Waals surface area (Å²) >= 11 is 5.91. The number of rotatable bonds is 3. The van der Waals surface area contributed by atoms with E-state index in [4.69, 9.17) is 11.6 Å². The number of hydrogen-bond donors (Lipinski definition) is 0. The van der Waals surface area contributed by atoms with E-state index in [-0.39, 0.29) is 11.7 Å². The van der Waals surface area contributed by atoms with Crippen molar-refractivity contribution in [2.75, 3.05) is 26.2 Å². The van der Waals surface area contributed by atoms with E-state index in [2.05, 4.69) is 4.90 Å². The summed E-state index contributed by atoms with van der Waals surface area (Å²) in [6.07, 6.45) is 1.57. The first-order valence-electron chi connectivity index (χ1n) is 6.94. The van der Waals surface area contributed by atoms with Crippen LogP contribution in [0.2, 0.25) is 5.02 Å². The highest BCUT2D eigenvalue weighted by Crippen LogP contribution is 2.23. The van der Waals surface area contributed by atoms with Crippen LogP contribution in [0.3, 0.4) is 0 Å². The standard InChI is InChI=1S/C15H17ClN2O2/c16-12-3-1-2-11(8-12)14(19)10-17-6-7-18-13(9-17)4-5-15(18)20/h1-3,8,13H,4-7,9-10H2. The fraction of sp³-hybridized carbons (Fsp3) is 0.467. The lowest BCUT2D eigenvalue weighted by atomic mass is 10.1. The van der Waals surface area contributed by atoms with E-state index in [9.17, 15) is 9.59 Å². The molecular formula is C15H17ClN2O2. The predicted octanol–water partition coefficient (Wildman–Crippen LogP) is 1.83. The van der Waals surface area contributed by atoms with Crippen molar-refractivity contribution in [1.82, 2.24) is 9.80 Å². The second kappa shape index (κ2) is 5.54. The lowest BCUT2D eigenvalue weighted by Crippen LogP contribution is -2.52. The number of ketones is 1. The summed E-state index contributed by atoms with van der Waals surface area (Å²) in [5.74, 6) is 0.348. The minimum absolute atomic E-state index is 0.0882. The number of amides is 1. The maximum atomic E-state index is 12.2. The zero-order valence-corrected chi connectivity index (χ0v) is 12.0. The normalized spacial score (nSPS) is 22.9. The number of piperazine rings is 1. The van der Waals surface area contributed by atoms with E-state index in [1.165, 1.54) is 0 Å². The van der Waals surface area contributed by atoms with Gasteiger partial charge in [0.1, 0.15) is 0 Å². The lowest BCUT2D eigenvalue weighted by Gasteiger charge is -2.37. The molecule has 0 aromatic heterocycles. The first-order chi connectivity index (χ1) is 9.63. The van der Waals surface area contributed by atoms with Crippen molar-refractivity contribution >= 4 is 23.3 Å². The minimum Gasteiger partial charge on any atom is -0.337 e. The van der Waals surface area contributed by atoms with Crippen molar-refractivity contribution in [2.24, 2.45) is 0 Å². The predicted molar refractivity (Wildman–Crippen MR) is 77.0 cm³/mol. The van der Waals surface area contributed by atoms with Crippen LogP contribution < -0.4 is 0 Å². The molecule has 2 saturated heterocycles. The van der Waals surface area contributed by atoms with Crippen LogP contribution in [0.5, 0.6) is 0 Å². The Bertz CT molecular complexity index is 546. The van der Waals surface area contributed by atoms with Crippen LogP contribution >= 0.6 is 11.6 Å². The molecule has 106 valence electrons. The van der Waals surface area contributed by atoms with Crippen LogP contribution in [0.15, 0.2) is 24.3 Å².